The Morgan fingerprint density at radius 1 is 1.35 bits per heavy atom. The highest BCUT2D eigenvalue weighted by Crippen LogP contribution is 2.31. The van der Waals surface area contributed by atoms with Gasteiger partial charge in [-0.1, -0.05) is 6.58 Å². The van der Waals surface area contributed by atoms with Crippen molar-refractivity contribution >= 4 is 28.7 Å². The average Bonchev–Trinajstić information content (AvgIpc) is 3.25. The van der Waals surface area contributed by atoms with Gasteiger partial charge in [0.25, 0.3) is 0 Å². The maximum atomic E-state index is 10.0. The second kappa shape index (κ2) is 9.67. The molecule has 0 bridgehead atoms. The molecule has 164 valence electrons. The van der Waals surface area contributed by atoms with Crippen molar-refractivity contribution in [3.63, 3.8) is 0 Å². The summed E-state index contributed by atoms with van der Waals surface area (Å²) in [5.41, 5.74) is 2.18. The van der Waals surface area contributed by atoms with E-state index in [0.717, 1.165) is 48.9 Å². The van der Waals surface area contributed by atoms with Crippen LogP contribution in [-0.2, 0) is 0 Å². The highest BCUT2D eigenvalue weighted by Gasteiger charge is 2.16. The van der Waals surface area contributed by atoms with E-state index in [-0.39, 0.29) is 0 Å². The van der Waals surface area contributed by atoms with Gasteiger partial charge in [-0.25, -0.2) is 4.98 Å². The van der Waals surface area contributed by atoms with Gasteiger partial charge in [0.15, 0.2) is 5.65 Å². The summed E-state index contributed by atoms with van der Waals surface area (Å²) in [6.07, 6.45) is 4.50. The smallest absolute Gasteiger partial charge is 0.159 e. The predicted molar refractivity (Wildman–Crippen MR) is 123 cm³/mol. The zero-order valence-electron chi connectivity index (χ0n) is 17.6. The van der Waals surface area contributed by atoms with Gasteiger partial charge in [0, 0.05) is 30.8 Å². The number of aliphatic hydroxyl groups excluding tert-OH is 1. The molecule has 3 aromatic rings. The van der Waals surface area contributed by atoms with Crippen LogP contribution in [-0.4, -0.2) is 51.7 Å². The molecule has 0 amide bonds. The van der Waals surface area contributed by atoms with E-state index in [4.69, 9.17) is 4.74 Å². The van der Waals surface area contributed by atoms with Gasteiger partial charge in [0.1, 0.15) is 23.6 Å². The maximum absolute atomic E-state index is 10.0. The Morgan fingerprint density at radius 3 is 3.03 bits per heavy atom. The molecule has 9 nitrogen and oxygen atoms in total. The third-order valence-electron chi connectivity index (χ3n) is 5.10. The Kier molecular flexibility index (Phi) is 6.54. The lowest BCUT2D eigenvalue weighted by Crippen LogP contribution is -2.38. The lowest BCUT2D eigenvalue weighted by molar-refractivity contribution is 0.253. The Bertz CT molecular complexity index is 1030. The van der Waals surface area contributed by atoms with Gasteiger partial charge < -0.3 is 31.1 Å². The highest BCUT2D eigenvalue weighted by molar-refractivity contribution is 5.76. The molecule has 0 radical (unpaired) electrons. The van der Waals surface area contributed by atoms with Gasteiger partial charge >= 0.3 is 0 Å². The van der Waals surface area contributed by atoms with Crippen LogP contribution in [0.2, 0.25) is 0 Å². The molecule has 0 saturated carbocycles. The fourth-order valence-electron chi connectivity index (χ4n) is 3.62. The van der Waals surface area contributed by atoms with Crippen LogP contribution in [0.25, 0.3) is 5.65 Å². The SMILES string of the molecule is C=CC(O)Nc1cc(OCC)ccc1Nc1cc(NC2CCCNC2)nc2ccnn12. The van der Waals surface area contributed by atoms with Crippen molar-refractivity contribution in [2.24, 2.45) is 0 Å². The van der Waals surface area contributed by atoms with E-state index in [9.17, 15) is 5.11 Å². The van der Waals surface area contributed by atoms with Crippen LogP contribution >= 0.6 is 0 Å². The second-order valence-electron chi connectivity index (χ2n) is 7.41. The Balaban J connectivity index is 1.65. The number of nitrogens with one attached hydrogen (secondary N) is 4. The van der Waals surface area contributed by atoms with Crippen molar-refractivity contribution in [3.8, 4) is 5.75 Å². The van der Waals surface area contributed by atoms with Gasteiger partial charge in [-0.3, -0.25) is 0 Å². The fourth-order valence-corrected chi connectivity index (χ4v) is 3.62. The molecule has 2 unspecified atom stereocenters. The van der Waals surface area contributed by atoms with Crippen LogP contribution in [0.5, 0.6) is 5.75 Å². The summed E-state index contributed by atoms with van der Waals surface area (Å²) in [6.45, 7) is 8.09. The number of hydrogen-bond donors (Lipinski definition) is 5. The van der Waals surface area contributed by atoms with E-state index in [1.807, 2.05) is 37.3 Å². The maximum Gasteiger partial charge on any atom is 0.159 e. The van der Waals surface area contributed by atoms with Crippen molar-refractivity contribution in [1.82, 2.24) is 19.9 Å². The van der Waals surface area contributed by atoms with E-state index in [1.165, 1.54) is 6.08 Å². The van der Waals surface area contributed by atoms with E-state index in [1.54, 1.807) is 10.7 Å². The monoisotopic (exact) mass is 423 g/mol. The first-order valence-corrected chi connectivity index (χ1v) is 10.6. The van der Waals surface area contributed by atoms with Gasteiger partial charge in [0.05, 0.1) is 24.2 Å². The first kappa shape index (κ1) is 21.0. The minimum Gasteiger partial charge on any atom is -0.494 e. The molecule has 1 saturated heterocycles. The van der Waals surface area contributed by atoms with Crippen LogP contribution in [0.1, 0.15) is 19.8 Å². The summed E-state index contributed by atoms with van der Waals surface area (Å²) >= 11 is 0. The second-order valence-corrected chi connectivity index (χ2v) is 7.41. The number of anilines is 4. The number of aromatic nitrogens is 3. The molecule has 1 aliphatic heterocycles. The van der Waals surface area contributed by atoms with Crippen molar-refractivity contribution in [3.05, 3.63) is 49.2 Å². The van der Waals surface area contributed by atoms with E-state index in [0.29, 0.717) is 24.1 Å². The van der Waals surface area contributed by atoms with Crippen LogP contribution < -0.4 is 26.0 Å². The minimum atomic E-state index is -0.893. The van der Waals surface area contributed by atoms with Crippen LogP contribution in [0.4, 0.5) is 23.0 Å². The summed E-state index contributed by atoms with van der Waals surface area (Å²) < 4.78 is 7.35. The van der Waals surface area contributed by atoms with Crippen LogP contribution in [0.3, 0.4) is 0 Å². The minimum absolute atomic E-state index is 0.338. The molecular weight excluding hydrogens is 394 g/mol. The Hall–Kier alpha value is -3.30. The molecule has 1 fully saturated rings. The van der Waals surface area contributed by atoms with Crippen molar-refractivity contribution < 1.29 is 9.84 Å². The molecule has 2 aromatic heterocycles. The van der Waals surface area contributed by atoms with E-state index in [2.05, 4.69) is 37.9 Å². The number of ether oxygens (including phenoxy) is 1. The van der Waals surface area contributed by atoms with Crippen LogP contribution in [0, 0.1) is 0 Å². The molecule has 4 rings (SSSR count). The molecule has 31 heavy (non-hydrogen) atoms. The Labute approximate surface area is 181 Å². The molecule has 1 aromatic carbocycles. The van der Waals surface area contributed by atoms with Crippen LogP contribution in [0.15, 0.2) is 49.2 Å². The van der Waals surface area contributed by atoms with Gasteiger partial charge in [-0.2, -0.15) is 9.61 Å². The molecular formula is C22H29N7O2. The first-order chi connectivity index (χ1) is 15.2. The first-order valence-electron chi connectivity index (χ1n) is 10.6. The zero-order valence-corrected chi connectivity index (χ0v) is 17.6. The number of benzene rings is 1. The standard InChI is InChI=1S/C22H29N7O2/c1-3-22(30)27-18-12-16(31-4-2)7-8-17(18)26-21-13-19(25-15-6-5-10-23-14-15)28-20-9-11-24-29(20)21/h3,7-9,11-13,15,22-23,26-27,30H,1,4-6,10,14H2,2H3,(H,25,28). The molecule has 3 heterocycles. The number of hydrogen-bond acceptors (Lipinski definition) is 8. The summed E-state index contributed by atoms with van der Waals surface area (Å²) in [7, 11) is 0. The zero-order chi connectivity index (χ0) is 21.6. The Morgan fingerprint density at radius 2 is 2.26 bits per heavy atom. The molecule has 9 heteroatoms. The third-order valence-corrected chi connectivity index (χ3v) is 5.10. The quantitative estimate of drug-likeness (QED) is 0.264. The van der Waals surface area contributed by atoms with E-state index < -0.39 is 6.23 Å². The molecule has 0 spiro atoms. The summed E-state index contributed by atoms with van der Waals surface area (Å²) in [6, 6.07) is 9.77. The lowest BCUT2D eigenvalue weighted by atomic mass is 10.1. The summed E-state index contributed by atoms with van der Waals surface area (Å²) in [5, 5.41) is 27.8. The third kappa shape index (κ3) is 5.07. The largest absolute Gasteiger partial charge is 0.494 e. The van der Waals surface area contributed by atoms with Gasteiger partial charge in [0.2, 0.25) is 0 Å². The van der Waals surface area contributed by atoms with Crippen molar-refractivity contribution in [2.75, 3.05) is 35.6 Å². The van der Waals surface area contributed by atoms with Crippen molar-refractivity contribution in [2.45, 2.75) is 32.0 Å². The average molecular weight is 424 g/mol. The molecule has 2 atom stereocenters. The number of fused-ring (bicyclic) bond motifs is 1. The number of piperidine rings is 1. The molecule has 5 N–H and O–H groups in total. The van der Waals surface area contributed by atoms with Crippen molar-refractivity contribution in [1.29, 1.82) is 0 Å². The topological polar surface area (TPSA) is 108 Å². The summed E-state index contributed by atoms with van der Waals surface area (Å²) in [4.78, 5) is 4.69. The lowest BCUT2D eigenvalue weighted by Gasteiger charge is -2.24. The summed E-state index contributed by atoms with van der Waals surface area (Å²) in [5.74, 6) is 2.25. The number of nitrogens with zero attached hydrogens (tertiary/aromatic N) is 3. The normalized spacial score (nSPS) is 17.2. The van der Waals surface area contributed by atoms with Gasteiger partial charge in [-0.05, 0) is 44.5 Å². The fraction of sp³-hybridized carbons (Fsp3) is 0.364. The predicted octanol–water partition coefficient (Wildman–Crippen LogP) is 2.95. The number of rotatable bonds is 9. The van der Waals surface area contributed by atoms with E-state index >= 15 is 0 Å². The molecule has 1 aliphatic rings. The molecule has 0 aliphatic carbocycles. The number of aliphatic hydroxyl groups is 1. The highest BCUT2D eigenvalue weighted by atomic mass is 16.5. The van der Waals surface area contributed by atoms with Gasteiger partial charge in [-0.15, -0.1) is 0 Å².